The topological polar surface area (TPSA) is 55.1 Å². The first-order valence-corrected chi connectivity index (χ1v) is 7.17. The maximum Gasteiger partial charge on any atom is 0.355 e. The number of rotatable bonds is 3. The van der Waals surface area contributed by atoms with Crippen LogP contribution in [0.5, 0.6) is 0 Å². The molecule has 4 nitrogen and oxygen atoms in total. The molecule has 1 heterocycles. The zero-order valence-electron chi connectivity index (χ0n) is 12.0. The van der Waals surface area contributed by atoms with Gasteiger partial charge >= 0.3 is 5.97 Å². The second-order valence-corrected chi connectivity index (χ2v) is 6.78. The summed E-state index contributed by atoms with van der Waals surface area (Å²) in [6.07, 6.45) is 1.62. The molecule has 2 rings (SSSR count). The van der Waals surface area contributed by atoms with Gasteiger partial charge in [0.2, 0.25) is 0 Å². The Morgan fingerprint density at radius 3 is 2.35 bits per heavy atom. The molecule has 0 bridgehead atoms. The zero-order valence-corrected chi connectivity index (χ0v) is 12.9. The minimum absolute atomic E-state index is 0.239. The van der Waals surface area contributed by atoms with Gasteiger partial charge in [-0.05, 0) is 39.8 Å². The van der Waals surface area contributed by atoms with Gasteiger partial charge in [0.15, 0.2) is 5.69 Å². The van der Waals surface area contributed by atoms with Crippen molar-refractivity contribution < 1.29 is 9.90 Å². The highest BCUT2D eigenvalue weighted by Gasteiger charge is 2.25. The molecule has 0 aliphatic rings. The van der Waals surface area contributed by atoms with E-state index >= 15 is 0 Å². The van der Waals surface area contributed by atoms with Gasteiger partial charge in [0.25, 0.3) is 0 Å². The second kappa shape index (κ2) is 5.32. The Morgan fingerprint density at radius 1 is 1.25 bits per heavy atom. The van der Waals surface area contributed by atoms with Crippen molar-refractivity contribution in [2.75, 3.05) is 0 Å². The van der Waals surface area contributed by atoms with Crippen molar-refractivity contribution in [1.82, 2.24) is 9.78 Å². The molecular formula is C15H18N2O2S. The fourth-order valence-electron chi connectivity index (χ4n) is 1.85. The number of carboxylic acid groups (broad SMARTS) is 1. The van der Waals surface area contributed by atoms with Crippen molar-refractivity contribution >= 4 is 17.7 Å². The third-order valence-corrected chi connectivity index (χ3v) is 3.85. The number of aryl methyl sites for hydroxylation is 1. The van der Waals surface area contributed by atoms with Crippen molar-refractivity contribution in [2.24, 2.45) is 0 Å². The van der Waals surface area contributed by atoms with E-state index in [-0.39, 0.29) is 11.2 Å². The molecule has 0 unspecified atom stereocenters. The van der Waals surface area contributed by atoms with Crippen LogP contribution in [0.2, 0.25) is 0 Å². The number of carbonyl (C=O) groups is 1. The Labute approximate surface area is 122 Å². The Hall–Kier alpha value is -1.75. The summed E-state index contributed by atoms with van der Waals surface area (Å²) < 4.78 is 1.56. The molecule has 1 N–H and O–H groups in total. The largest absolute Gasteiger partial charge is 0.476 e. The van der Waals surface area contributed by atoms with Gasteiger partial charge < -0.3 is 5.11 Å². The smallest absolute Gasteiger partial charge is 0.355 e. The number of aromatic carboxylic acids is 1. The van der Waals surface area contributed by atoms with Crippen LogP contribution in [0.3, 0.4) is 0 Å². The molecule has 0 spiro atoms. The van der Waals surface area contributed by atoms with Crippen LogP contribution in [-0.2, 0) is 5.54 Å². The molecule has 1 aromatic carbocycles. The summed E-state index contributed by atoms with van der Waals surface area (Å²) in [5, 5.41) is 13.7. The lowest BCUT2D eigenvalue weighted by Crippen LogP contribution is -2.27. The maximum atomic E-state index is 11.5. The van der Waals surface area contributed by atoms with Gasteiger partial charge in [0.05, 0.1) is 16.6 Å². The van der Waals surface area contributed by atoms with E-state index < -0.39 is 5.97 Å². The molecule has 0 amide bonds. The number of benzene rings is 1. The van der Waals surface area contributed by atoms with Crippen LogP contribution >= 0.6 is 11.8 Å². The molecule has 2 aromatic rings. The van der Waals surface area contributed by atoms with Gasteiger partial charge in [-0.25, -0.2) is 4.79 Å². The van der Waals surface area contributed by atoms with Gasteiger partial charge in [0, 0.05) is 4.90 Å². The lowest BCUT2D eigenvalue weighted by atomic mass is 10.1. The standard InChI is InChI=1S/C15H18N2O2S/c1-10-5-7-11(8-6-10)20-12-9-16-17(15(2,3)4)13(12)14(18)19/h5-9H,1-4H3,(H,18,19). The van der Waals surface area contributed by atoms with E-state index in [1.54, 1.807) is 10.9 Å². The average molecular weight is 290 g/mol. The lowest BCUT2D eigenvalue weighted by Gasteiger charge is -2.21. The Kier molecular flexibility index (Phi) is 3.90. The average Bonchev–Trinajstić information content (AvgIpc) is 2.75. The van der Waals surface area contributed by atoms with Crippen molar-refractivity contribution in [3.8, 4) is 0 Å². The molecule has 20 heavy (non-hydrogen) atoms. The van der Waals surface area contributed by atoms with Crippen molar-refractivity contribution in [3.05, 3.63) is 41.7 Å². The van der Waals surface area contributed by atoms with E-state index in [1.807, 2.05) is 52.0 Å². The summed E-state index contributed by atoms with van der Waals surface area (Å²) in [4.78, 5) is 13.2. The maximum absolute atomic E-state index is 11.5. The second-order valence-electron chi connectivity index (χ2n) is 5.66. The van der Waals surface area contributed by atoms with Crippen molar-refractivity contribution in [3.63, 3.8) is 0 Å². The van der Waals surface area contributed by atoms with Crippen LogP contribution < -0.4 is 0 Å². The van der Waals surface area contributed by atoms with Gasteiger partial charge in [-0.3, -0.25) is 4.68 Å². The first-order valence-electron chi connectivity index (χ1n) is 6.35. The normalized spacial score (nSPS) is 11.6. The Morgan fingerprint density at radius 2 is 1.85 bits per heavy atom. The van der Waals surface area contributed by atoms with Crippen LogP contribution in [-0.4, -0.2) is 20.9 Å². The van der Waals surface area contributed by atoms with Gasteiger partial charge in [-0.1, -0.05) is 29.5 Å². The number of hydrogen-bond donors (Lipinski definition) is 1. The van der Waals surface area contributed by atoms with Crippen LogP contribution in [0.25, 0.3) is 0 Å². The first kappa shape index (κ1) is 14.7. The summed E-state index contributed by atoms with van der Waals surface area (Å²) in [7, 11) is 0. The molecule has 0 aliphatic carbocycles. The Bertz CT molecular complexity index is 624. The highest BCUT2D eigenvalue weighted by Crippen LogP contribution is 2.32. The van der Waals surface area contributed by atoms with E-state index in [9.17, 15) is 9.90 Å². The fraction of sp³-hybridized carbons (Fsp3) is 0.333. The molecule has 0 fully saturated rings. The molecule has 5 heteroatoms. The minimum atomic E-state index is -0.952. The summed E-state index contributed by atoms with van der Waals surface area (Å²) >= 11 is 1.42. The molecule has 1 aromatic heterocycles. The van der Waals surface area contributed by atoms with Gasteiger partial charge in [-0.2, -0.15) is 5.10 Å². The quantitative estimate of drug-likeness (QED) is 0.934. The van der Waals surface area contributed by atoms with E-state index in [1.165, 1.54) is 17.3 Å². The lowest BCUT2D eigenvalue weighted by molar-refractivity contribution is 0.0670. The van der Waals surface area contributed by atoms with E-state index in [0.717, 1.165) is 4.90 Å². The van der Waals surface area contributed by atoms with Crippen LogP contribution in [0, 0.1) is 6.92 Å². The summed E-state index contributed by atoms with van der Waals surface area (Å²) in [5.74, 6) is -0.952. The monoisotopic (exact) mass is 290 g/mol. The molecule has 0 atom stereocenters. The Balaban J connectivity index is 2.40. The highest BCUT2D eigenvalue weighted by molar-refractivity contribution is 7.99. The van der Waals surface area contributed by atoms with E-state index in [0.29, 0.717) is 4.90 Å². The van der Waals surface area contributed by atoms with E-state index in [4.69, 9.17) is 0 Å². The SMILES string of the molecule is Cc1ccc(Sc2cnn(C(C)(C)C)c2C(=O)O)cc1. The van der Waals surface area contributed by atoms with E-state index in [2.05, 4.69) is 5.10 Å². The highest BCUT2D eigenvalue weighted by atomic mass is 32.2. The predicted octanol–water partition coefficient (Wildman–Crippen LogP) is 3.80. The third-order valence-electron chi connectivity index (χ3n) is 2.82. The molecule has 0 aliphatic heterocycles. The molecule has 0 saturated heterocycles. The zero-order chi connectivity index (χ0) is 14.9. The van der Waals surface area contributed by atoms with Crippen LogP contribution in [0.4, 0.5) is 0 Å². The van der Waals surface area contributed by atoms with Gasteiger partial charge in [0.1, 0.15) is 0 Å². The summed E-state index contributed by atoms with van der Waals surface area (Å²) in [5.41, 5.74) is 1.06. The molecule has 106 valence electrons. The first-order chi connectivity index (χ1) is 9.29. The summed E-state index contributed by atoms with van der Waals surface area (Å²) in [6, 6.07) is 7.99. The summed E-state index contributed by atoms with van der Waals surface area (Å²) in [6.45, 7) is 7.83. The molecule has 0 radical (unpaired) electrons. The van der Waals surface area contributed by atoms with Crippen LogP contribution in [0.1, 0.15) is 36.8 Å². The minimum Gasteiger partial charge on any atom is -0.476 e. The number of carboxylic acids is 1. The molecular weight excluding hydrogens is 272 g/mol. The molecule has 0 saturated carbocycles. The predicted molar refractivity (Wildman–Crippen MR) is 79.5 cm³/mol. The number of hydrogen-bond acceptors (Lipinski definition) is 3. The van der Waals surface area contributed by atoms with Gasteiger partial charge in [-0.15, -0.1) is 0 Å². The number of aromatic nitrogens is 2. The number of nitrogens with zero attached hydrogens (tertiary/aromatic N) is 2. The van der Waals surface area contributed by atoms with Crippen molar-refractivity contribution in [1.29, 1.82) is 0 Å². The fourth-order valence-corrected chi connectivity index (χ4v) is 2.74. The van der Waals surface area contributed by atoms with Crippen molar-refractivity contribution in [2.45, 2.75) is 43.0 Å². The van der Waals surface area contributed by atoms with Crippen LogP contribution in [0.15, 0.2) is 40.3 Å². The third kappa shape index (κ3) is 3.04.